The molecule has 116 valence electrons. The number of nitrogens with zero attached hydrogens (tertiary/aromatic N) is 4. The molecular weight excluding hydrogens is 322 g/mol. The zero-order valence-corrected chi connectivity index (χ0v) is 13.3. The lowest BCUT2D eigenvalue weighted by Crippen LogP contribution is -1.89. The summed E-state index contributed by atoms with van der Waals surface area (Å²) in [6.07, 6.45) is 1.77. The molecule has 0 radical (unpaired) electrons. The maximum atomic E-state index is 6.24. The highest BCUT2D eigenvalue weighted by Gasteiger charge is 2.11. The Kier molecular flexibility index (Phi) is 3.76. The van der Waals surface area contributed by atoms with Crippen LogP contribution in [0.5, 0.6) is 0 Å². The van der Waals surface area contributed by atoms with Gasteiger partial charge in [-0.05, 0) is 17.7 Å². The molecule has 0 aliphatic heterocycles. The second-order valence-corrected chi connectivity index (χ2v) is 5.60. The number of aromatic nitrogens is 4. The minimum Gasteiger partial charge on any atom is -0.257 e. The molecule has 5 nitrogen and oxygen atoms in total. The van der Waals surface area contributed by atoms with E-state index in [0.29, 0.717) is 22.2 Å². The fourth-order valence-corrected chi connectivity index (χ4v) is 2.62. The third kappa shape index (κ3) is 2.77. The summed E-state index contributed by atoms with van der Waals surface area (Å²) in [5, 5.41) is 16.9. The summed E-state index contributed by atoms with van der Waals surface area (Å²) in [7, 11) is 0. The lowest BCUT2D eigenvalue weighted by atomic mass is 10.1. The number of fused-ring (bicyclic) bond motifs is 1. The fraction of sp³-hybridized carbons (Fsp3) is 0. The minimum absolute atomic E-state index is 0.567. The highest BCUT2D eigenvalue weighted by molar-refractivity contribution is 6.33. The molecule has 6 heteroatoms. The van der Waals surface area contributed by atoms with E-state index in [-0.39, 0.29) is 0 Å². The Hall–Kier alpha value is -3.05. The van der Waals surface area contributed by atoms with Crippen LogP contribution in [-0.4, -0.2) is 26.6 Å². The molecule has 0 spiro atoms. The number of halogens is 1. The molecule has 0 saturated carbocycles. The van der Waals surface area contributed by atoms with Crippen LogP contribution < -0.4 is 0 Å². The van der Waals surface area contributed by atoms with E-state index in [0.717, 1.165) is 16.5 Å². The second-order valence-electron chi connectivity index (χ2n) is 5.19. The first-order valence-corrected chi connectivity index (χ1v) is 7.75. The quantitative estimate of drug-likeness (QED) is 0.564. The molecule has 24 heavy (non-hydrogen) atoms. The molecule has 0 saturated heterocycles. The number of aliphatic imine (C=N–C) groups is 1. The average molecular weight is 334 g/mol. The molecule has 0 fully saturated rings. The van der Waals surface area contributed by atoms with E-state index in [1.165, 1.54) is 0 Å². The van der Waals surface area contributed by atoms with E-state index >= 15 is 0 Å². The van der Waals surface area contributed by atoms with Gasteiger partial charge in [0.25, 0.3) is 0 Å². The van der Waals surface area contributed by atoms with Crippen LogP contribution in [0.2, 0.25) is 5.02 Å². The summed E-state index contributed by atoms with van der Waals surface area (Å²) >= 11 is 6.24. The van der Waals surface area contributed by atoms with E-state index < -0.39 is 0 Å². The Bertz CT molecular complexity index is 1020. The number of hydrogen-bond donors (Lipinski definition) is 1. The van der Waals surface area contributed by atoms with Gasteiger partial charge in [0, 0.05) is 11.8 Å². The summed E-state index contributed by atoms with van der Waals surface area (Å²) < 4.78 is 0. The van der Waals surface area contributed by atoms with Gasteiger partial charge < -0.3 is 0 Å². The third-order valence-electron chi connectivity index (χ3n) is 3.59. The Labute approximate surface area is 143 Å². The number of aromatic amines is 1. The van der Waals surface area contributed by atoms with Gasteiger partial charge in [-0.2, -0.15) is 5.10 Å². The molecule has 2 aromatic carbocycles. The number of hydrogen-bond acceptors (Lipinski definition) is 4. The number of H-pyrrole nitrogens is 1. The van der Waals surface area contributed by atoms with Crippen molar-refractivity contribution in [1.82, 2.24) is 20.4 Å². The van der Waals surface area contributed by atoms with Crippen molar-refractivity contribution in [2.24, 2.45) is 4.99 Å². The lowest BCUT2D eigenvalue weighted by Gasteiger charge is -2.02. The monoisotopic (exact) mass is 333 g/mol. The van der Waals surface area contributed by atoms with Gasteiger partial charge in [0.1, 0.15) is 0 Å². The second kappa shape index (κ2) is 6.22. The Morgan fingerprint density at radius 3 is 2.58 bits per heavy atom. The van der Waals surface area contributed by atoms with Crippen LogP contribution in [0.25, 0.3) is 22.3 Å². The normalized spacial score (nSPS) is 11.4. The Balaban J connectivity index is 1.77. The van der Waals surface area contributed by atoms with Gasteiger partial charge >= 0.3 is 0 Å². The molecule has 1 N–H and O–H groups in total. The molecule has 0 unspecified atom stereocenters. The molecule has 2 aromatic heterocycles. The van der Waals surface area contributed by atoms with Crippen molar-refractivity contribution < 1.29 is 0 Å². The maximum Gasteiger partial charge on any atom is 0.183 e. The highest BCUT2D eigenvalue weighted by atomic mass is 35.5. The summed E-state index contributed by atoms with van der Waals surface area (Å²) in [5.41, 5.74) is 3.10. The highest BCUT2D eigenvalue weighted by Crippen LogP contribution is 2.29. The molecule has 0 amide bonds. The van der Waals surface area contributed by atoms with Crippen molar-refractivity contribution in [3.8, 4) is 11.3 Å². The van der Waals surface area contributed by atoms with Gasteiger partial charge in [-0.15, -0.1) is 10.2 Å². The Morgan fingerprint density at radius 1 is 0.958 bits per heavy atom. The van der Waals surface area contributed by atoms with E-state index in [1.54, 1.807) is 6.21 Å². The summed E-state index contributed by atoms with van der Waals surface area (Å²) in [4.78, 5) is 4.45. The number of rotatable bonds is 3. The minimum atomic E-state index is 0.567. The van der Waals surface area contributed by atoms with Crippen molar-refractivity contribution in [2.45, 2.75) is 0 Å². The van der Waals surface area contributed by atoms with Gasteiger partial charge in [0.2, 0.25) is 0 Å². The van der Waals surface area contributed by atoms with Gasteiger partial charge in [-0.3, -0.25) is 5.10 Å². The summed E-state index contributed by atoms with van der Waals surface area (Å²) in [5.74, 6) is 0.567. The lowest BCUT2D eigenvalue weighted by molar-refractivity contribution is 1.03. The first kappa shape index (κ1) is 14.5. The third-order valence-corrected chi connectivity index (χ3v) is 3.92. The van der Waals surface area contributed by atoms with Crippen LogP contribution in [0.4, 0.5) is 5.82 Å². The predicted octanol–water partition coefficient (Wildman–Crippen LogP) is 4.42. The predicted molar refractivity (Wildman–Crippen MR) is 95.8 cm³/mol. The zero-order valence-electron chi connectivity index (χ0n) is 12.5. The van der Waals surface area contributed by atoms with Crippen molar-refractivity contribution in [3.05, 3.63) is 71.2 Å². The van der Waals surface area contributed by atoms with Crippen LogP contribution in [-0.2, 0) is 0 Å². The van der Waals surface area contributed by atoms with Crippen LogP contribution in [0.3, 0.4) is 0 Å². The molecule has 4 rings (SSSR count). The van der Waals surface area contributed by atoms with E-state index in [2.05, 4.69) is 25.4 Å². The van der Waals surface area contributed by atoms with E-state index in [1.807, 2.05) is 60.7 Å². The van der Waals surface area contributed by atoms with E-state index in [4.69, 9.17) is 11.6 Å². The van der Waals surface area contributed by atoms with Crippen LogP contribution in [0.15, 0.2) is 65.7 Å². The SMILES string of the molecule is Clc1ccccc1-c1cc2c(/N=C/c3ccccc3)n[nH]c2nn1. The van der Waals surface area contributed by atoms with Gasteiger partial charge in [0.05, 0.1) is 16.1 Å². The summed E-state index contributed by atoms with van der Waals surface area (Å²) in [6.45, 7) is 0. The molecular formula is C18H12ClN5. The molecule has 4 aromatic rings. The smallest absolute Gasteiger partial charge is 0.183 e. The Morgan fingerprint density at radius 2 is 1.75 bits per heavy atom. The topological polar surface area (TPSA) is 66.8 Å². The van der Waals surface area contributed by atoms with Crippen molar-refractivity contribution in [3.63, 3.8) is 0 Å². The van der Waals surface area contributed by atoms with Gasteiger partial charge in [-0.1, -0.05) is 60.1 Å². The van der Waals surface area contributed by atoms with Crippen LogP contribution >= 0.6 is 11.6 Å². The largest absolute Gasteiger partial charge is 0.257 e. The van der Waals surface area contributed by atoms with Crippen molar-refractivity contribution in [1.29, 1.82) is 0 Å². The van der Waals surface area contributed by atoms with Crippen LogP contribution in [0.1, 0.15) is 5.56 Å². The molecule has 0 aliphatic rings. The molecule has 2 heterocycles. The number of nitrogens with one attached hydrogen (secondary N) is 1. The molecule has 0 atom stereocenters. The first-order chi connectivity index (χ1) is 11.8. The molecule has 0 aliphatic carbocycles. The fourth-order valence-electron chi connectivity index (χ4n) is 2.38. The standard InChI is InChI=1S/C18H12ClN5/c19-15-9-5-4-8-13(15)16-10-14-17(22-24-18(14)23-21-16)20-11-12-6-2-1-3-7-12/h1-11H,(H,22,23,24)/b20-11+. The average Bonchev–Trinajstić information content (AvgIpc) is 3.03. The summed E-state index contributed by atoms with van der Waals surface area (Å²) in [6, 6.07) is 19.3. The van der Waals surface area contributed by atoms with Crippen molar-refractivity contribution in [2.75, 3.05) is 0 Å². The molecule has 0 bridgehead atoms. The first-order valence-electron chi connectivity index (χ1n) is 7.37. The van der Waals surface area contributed by atoms with Crippen LogP contribution in [0, 0.1) is 0 Å². The van der Waals surface area contributed by atoms with Gasteiger partial charge in [-0.25, -0.2) is 4.99 Å². The maximum absolute atomic E-state index is 6.24. The van der Waals surface area contributed by atoms with E-state index in [9.17, 15) is 0 Å². The zero-order chi connectivity index (χ0) is 16.4. The number of benzene rings is 2. The van der Waals surface area contributed by atoms with Crippen molar-refractivity contribution >= 4 is 34.7 Å². The van der Waals surface area contributed by atoms with Gasteiger partial charge in [0.15, 0.2) is 11.5 Å².